The topological polar surface area (TPSA) is 67.5 Å². The molecule has 1 aliphatic heterocycles. The quantitative estimate of drug-likeness (QED) is 0.933. The molecule has 6 nitrogen and oxygen atoms in total. The molecule has 2 fully saturated rings. The second kappa shape index (κ2) is 6.75. The Kier molecular flexibility index (Phi) is 4.32. The lowest BCUT2D eigenvalue weighted by Gasteiger charge is -2.31. The first-order valence-corrected chi connectivity index (χ1v) is 8.39. The fourth-order valence-electron chi connectivity index (χ4n) is 3.66. The second-order valence-electron chi connectivity index (χ2n) is 6.28. The number of nitrogens with one attached hydrogen (secondary N) is 1. The number of ether oxygens (including phenoxy) is 2. The number of aromatic nitrogens is 2. The minimum atomic E-state index is -0.0800. The van der Waals surface area contributed by atoms with Gasteiger partial charge in [-0.2, -0.15) is 0 Å². The number of aromatic amines is 1. The van der Waals surface area contributed by atoms with Crippen LogP contribution < -0.4 is 0 Å². The lowest BCUT2D eigenvalue weighted by Crippen LogP contribution is -2.46. The summed E-state index contributed by atoms with van der Waals surface area (Å²) in [6.07, 6.45) is 8.88. The highest BCUT2D eigenvalue weighted by Gasteiger charge is 2.44. The van der Waals surface area contributed by atoms with E-state index in [-0.39, 0.29) is 24.2 Å². The minimum absolute atomic E-state index is 0.0462. The fourth-order valence-corrected chi connectivity index (χ4v) is 3.66. The van der Waals surface area contributed by atoms with E-state index in [4.69, 9.17) is 9.47 Å². The van der Waals surface area contributed by atoms with Crippen LogP contribution in [0.2, 0.25) is 0 Å². The number of carbonyl (C=O) groups excluding carboxylic acids is 1. The van der Waals surface area contributed by atoms with Crippen molar-refractivity contribution >= 4 is 5.91 Å². The Balaban J connectivity index is 1.50. The summed E-state index contributed by atoms with van der Waals surface area (Å²) in [6.45, 7) is 1.68. The largest absolute Gasteiger partial charge is 0.374 e. The average molecular weight is 327 g/mol. The summed E-state index contributed by atoms with van der Waals surface area (Å²) in [5.41, 5.74) is 1.77. The van der Waals surface area contributed by atoms with Gasteiger partial charge in [0, 0.05) is 31.3 Å². The molecule has 1 saturated heterocycles. The zero-order chi connectivity index (χ0) is 16.4. The zero-order valence-electron chi connectivity index (χ0n) is 13.4. The number of hydrogen-bond donors (Lipinski definition) is 1. The van der Waals surface area contributed by atoms with Gasteiger partial charge in [-0.1, -0.05) is 0 Å². The monoisotopic (exact) mass is 327 g/mol. The highest BCUT2D eigenvalue weighted by atomic mass is 16.5. The van der Waals surface area contributed by atoms with Crippen LogP contribution in [0.1, 0.15) is 28.8 Å². The van der Waals surface area contributed by atoms with Crippen molar-refractivity contribution in [3.05, 3.63) is 54.1 Å². The number of H-pyrrole nitrogens is 1. The maximum atomic E-state index is 12.8. The molecule has 126 valence electrons. The highest BCUT2D eigenvalue weighted by molar-refractivity contribution is 5.94. The van der Waals surface area contributed by atoms with E-state index in [1.165, 1.54) is 0 Å². The van der Waals surface area contributed by atoms with E-state index in [2.05, 4.69) is 9.97 Å². The lowest BCUT2D eigenvalue weighted by molar-refractivity contribution is -0.0597. The number of hydrogen-bond acceptors (Lipinski definition) is 4. The molecule has 1 saturated carbocycles. The van der Waals surface area contributed by atoms with Crippen LogP contribution in [0.25, 0.3) is 0 Å². The van der Waals surface area contributed by atoms with Crippen LogP contribution >= 0.6 is 0 Å². The minimum Gasteiger partial charge on any atom is -0.374 e. The van der Waals surface area contributed by atoms with E-state index in [9.17, 15) is 4.79 Å². The Morgan fingerprint density at radius 3 is 3.00 bits per heavy atom. The van der Waals surface area contributed by atoms with Crippen molar-refractivity contribution in [2.75, 3.05) is 13.2 Å². The van der Waals surface area contributed by atoms with E-state index in [1.807, 2.05) is 23.1 Å². The number of nitrogens with zero attached hydrogens (tertiary/aromatic N) is 2. The van der Waals surface area contributed by atoms with Crippen LogP contribution in [0.4, 0.5) is 0 Å². The van der Waals surface area contributed by atoms with Gasteiger partial charge in [0.15, 0.2) is 0 Å². The Hall–Kier alpha value is -2.18. The first-order valence-electron chi connectivity index (χ1n) is 8.39. The zero-order valence-corrected chi connectivity index (χ0v) is 13.4. The fraction of sp³-hybridized carbons (Fsp3) is 0.444. The molecule has 3 heterocycles. The van der Waals surface area contributed by atoms with Crippen molar-refractivity contribution in [3.8, 4) is 0 Å². The standard InChI is InChI=1S/C18H21N3O3/c22-18(14-5-8-20-11-14)21-9-10-23-16-2-1-15(21)17(16)24-12-13-3-6-19-7-4-13/h3-8,11,15-17,20H,1-2,9-10,12H2. The van der Waals surface area contributed by atoms with Crippen molar-refractivity contribution < 1.29 is 14.3 Å². The molecule has 0 spiro atoms. The Labute approximate surface area is 140 Å². The summed E-state index contributed by atoms with van der Waals surface area (Å²) in [5.74, 6) is 0.0462. The molecule has 0 aromatic carbocycles. The van der Waals surface area contributed by atoms with Crippen molar-refractivity contribution in [1.29, 1.82) is 0 Å². The van der Waals surface area contributed by atoms with Gasteiger partial charge in [-0.15, -0.1) is 0 Å². The smallest absolute Gasteiger partial charge is 0.255 e. The molecule has 1 amide bonds. The van der Waals surface area contributed by atoms with Crippen LogP contribution in [0, 0.1) is 0 Å². The lowest BCUT2D eigenvalue weighted by atomic mass is 10.1. The third-order valence-corrected chi connectivity index (χ3v) is 4.85. The molecule has 24 heavy (non-hydrogen) atoms. The van der Waals surface area contributed by atoms with Gasteiger partial charge in [0.25, 0.3) is 5.91 Å². The molecule has 2 aromatic heterocycles. The molecular weight excluding hydrogens is 306 g/mol. The normalized spacial score (nSPS) is 26.3. The van der Waals surface area contributed by atoms with Crippen molar-refractivity contribution in [3.63, 3.8) is 0 Å². The Morgan fingerprint density at radius 1 is 1.33 bits per heavy atom. The van der Waals surface area contributed by atoms with Crippen molar-refractivity contribution in [1.82, 2.24) is 14.9 Å². The first-order chi connectivity index (χ1) is 11.8. The third-order valence-electron chi connectivity index (χ3n) is 4.85. The molecule has 2 aliphatic rings. The molecule has 1 aliphatic carbocycles. The SMILES string of the molecule is O=C(c1cc[nH]c1)N1CCOC2CCC1C2OCc1ccncc1. The molecular formula is C18H21N3O3. The van der Waals surface area contributed by atoms with E-state index in [0.717, 1.165) is 18.4 Å². The predicted octanol–water partition coefficient (Wildman–Crippen LogP) is 2.00. The molecule has 0 radical (unpaired) electrons. The van der Waals surface area contributed by atoms with E-state index in [0.29, 0.717) is 25.3 Å². The highest BCUT2D eigenvalue weighted by Crippen LogP contribution is 2.33. The van der Waals surface area contributed by atoms with Crippen LogP contribution in [-0.4, -0.2) is 52.2 Å². The van der Waals surface area contributed by atoms with Crippen LogP contribution in [-0.2, 0) is 16.1 Å². The molecule has 2 bridgehead atoms. The van der Waals surface area contributed by atoms with Gasteiger partial charge in [-0.3, -0.25) is 9.78 Å². The number of rotatable bonds is 4. The number of amides is 1. The molecule has 6 heteroatoms. The maximum Gasteiger partial charge on any atom is 0.255 e. The van der Waals surface area contributed by atoms with Gasteiger partial charge in [0.1, 0.15) is 6.10 Å². The Bertz CT molecular complexity index is 674. The first kappa shape index (κ1) is 15.4. The Morgan fingerprint density at radius 2 is 2.21 bits per heavy atom. The van der Waals surface area contributed by atoms with Gasteiger partial charge in [-0.05, 0) is 36.6 Å². The van der Waals surface area contributed by atoms with Gasteiger partial charge >= 0.3 is 0 Å². The molecule has 2 aromatic rings. The molecule has 4 rings (SSSR count). The van der Waals surface area contributed by atoms with Gasteiger partial charge in [0.2, 0.25) is 0 Å². The van der Waals surface area contributed by atoms with E-state index >= 15 is 0 Å². The number of carbonyl (C=O) groups is 1. The van der Waals surface area contributed by atoms with Gasteiger partial charge in [0.05, 0.1) is 30.9 Å². The summed E-state index contributed by atoms with van der Waals surface area (Å²) in [5, 5.41) is 0. The summed E-state index contributed by atoms with van der Waals surface area (Å²) in [4.78, 5) is 21.7. The third kappa shape index (κ3) is 2.95. The van der Waals surface area contributed by atoms with Crippen LogP contribution in [0.5, 0.6) is 0 Å². The number of fused-ring (bicyclic) bond motifs is 2. The summed E-state index contributed by atoms with van der Waals surface area (Å²) in [6, 6.07) is 5.78. The summed E-state index contributed by atoms with van der Waals surface area (Å²) < 4.78 is 12.1. The maximum absolute atomic E-state index is 12.8. The van der Waals surface area contributed by atoms with E-state index < -0.39 is 0 Å². The second-order valence-corrected chi connectivity index (χ2v) is 6.28. The van der Waals surface area contributed by atoms with Gasteiger partial charge in [-0.25, -0.2) is 0 Å². The molecule has 3 atom stereocenters. The predicted molar refractivity (Wildman–Crippen MR) is 87.4 cm³/mol. The van der Waals surface area contributed by atoms with Gasteiger partial charge < -0.3 is 19.4 Å². The summed E-state index contributed by atoms with van der Waals surface area (Å²) in [7, 11) is 0. The van der Waals surface area contributed by atoms with E-state index in [1.54, 1.807) is 24.8 Å². The van der Waals surface area contributed by atoms with Crippen molar-refractivity contribution in [2.45, 2.75) is 37.7 Å². The molecule has 1 N–H and O–H groups in total. The van der Waals surface area contributed by atoms with Crippen LogP contribution in [0.3, 0.4) is 0 Å². The number of pyridine rings is 1. The van der Waals surface area contributed by atoms with Crippen molar-refractivity contribution in [2.24, 2.45) is 0 Å². The average Bonchev–Trinajstić information content (AvgIpc) is 3.22. The summed E-state index contributed by atoms with van der Waals surface area (Å²) >= 11 is 0. The molecule has 3 unspecified atom stereocenters. The van der Waals surface area contributed by atoms with Crippen LogP contribution in [0.15, 0.2) is 43.0 Å².